The molecule has 0 aromatic heterocycles. The second kappa shape index (κ2) is 15.6. The first-order valence-electron chi connectivity index (χ1n) is 16.1. The summed E-state index contributed by atoms with van der Waals surface area (Å²) in [6, 6.07) is 11.8. The molecular weight excluding hydrogens is 608 g/mol. The maximum atomic E-state index is 13.6. The highest BCUT2D eigenvalue weighted by molar-refractivity contribution is 8.00. The van der Waals surface area contributed by atoms with Crippen molar-refractivity contribution in [2.75, 3.05) is 52.4 Å². The molecule has 3 heterocycles. The summed E-state index contributed by atoms with van der Waals surface area (Å²) in [6.07, 6.45) is 2.70. The van der Waals surface area contributed by atoms with E-state index in [9.17, 15) is 19.2 Å². The number of rotatable bonds is 7. The normalized spacial score (nSPS) is 20.3. The van der Waals surface area contributed by atoms with Crippen LogP contribution in [-0.2, 0) is 14.4 Å². The molecule has 248 valence electrons. The van der Waals surface area contributed by atoms with E-state index in [4.69, 9.17) is 14.2 Å². The number of amides is 4. The van der Waals surface area contributed by atoms with Gasteiger partial charge in [0.2, 0.25) is 24.5 Å². The zero-order valence-corrected chi connectivity index (χ0v) is 27.7. The molecule has 46 heavy (non-hydrogen) atoms. The van der Waals surface area contributed by atoms with E-state index < -0.39 is 6.04 Å². The zero-order chi connectivity index (χ0) is 32.6. The van der Waals surface area contributed by atoms with Crippen LogP contribution >= 0.6 is 11.8 Å². The number of likely N-dealkylation sites (tertiary alicyclic amines) is 1. The molecule has 0 unspecified atom stereocenters. The lowest BCUT2D eigenvalue weighted by Crippen LogP contribution is -2.47. The fourth-order valence-corrected chi connectivity index (χ4v) is 7.01. The van der Waals surface area contributed by atoms with E-state index in [0.29, 0.717) is 87.6 Å². The number of nitrogens with zero attached hydrogens (tertiary/aromatic N) is 3. The minimum absolute atomic E-state index is 0.0000423. The molecule has 2 saturated heterocycles. The Balaban J connectivity index is 1.32. The molecule has 2 bridgehead atoms. The molecule has 2 fully saturated rings. The fourth-order valence-electron chi connectivity index (χ4n) is 6.18. The molecule has 1 N–H and O–H groups in total. The first-order chi connectivity index (χ1) is 22.2. The number of hydrogen-bond acceptors (Lipinski definition) is 8. The van der Waals surface area contributed by atoms with Gasteiger partial charge in [0.25, 0.3) is 5.91 Å². The molecule has 5 rings (SSSR count). The van der Waals surface area contributed by atoms with Gasteiger partial charge in [-0.15, -0.1) is 11.8 Å². The summed E-state index contributed by atoms with van der Waals surface area (Å²) >= 11 is 1.40. The first kappa shape index (κ1) is 33.4. The van der Waals surface area contributed by atoms with Gasteiger partial charge in [0.15, 0.2) is 11.5 Å². The lowest BCUT2D eigenvalue weighted by molar-refractivity contribution is -0.137. The number of hydrogen-bond donors (Lipinski definition) is 1. The zero-order valence-electron chi connectivity index (χ0n) is 26.9. The molecule has 3 aliphatic heterocycles. The molecular formula is C34H44N4O7S. The van der Waals surface area contributed by atoms with Gasteiger partial charge in [-0.3, -0.25) is 19.2 Å². The number of ether oxygens (including phenoxy) is 3. The Morgan fingerprint density at radius 3 is 2.59 bits per heavy atom. The van der Waals surface area contributed by atoms with Crippen molar-refractivity contribution in [3.63, 3.8) is 0 Å². The molecule has 4 amide bonds. The summed E-state index contributed by atoms with van der Waals surface area (Å²) in [7, 11) is 1.60. The summed E-state index contributed by atoms with van der Waals surface area (Å²) in [5, 5.41) is 3.02. The number of carbonyl (C=O) groups excluding carboxylic acids is 4. The van der Waals surface area contributed by atoms with Gasteiger partial charge in [0, 0.05) is 49.6 Å². The van der Waals surface area contributed by atoms with Crippen LogP contribution in [0.4, 0.5) is 0 Å². The SMILES string of the molecule is COc1cccc(SCC(=O)N2C[C@@H]3C[C@H]2C(=O)NCCCCN(C(=O)c2ccc4c(c2)OCO4)CCCN3C(=O)CC(C)C)c1. The van der Waals surface area contributed by atoms with E-state index >= 15 is 0 Å². The molecule has 0 radical (unpaired) electrons. The molecule has 2 aromatic rings. The van der Waals surface area contributed by atoms with Crippen LogP contribution in [0.3, 0.4) is 0 Å². The van der Waals surface area contributed by atoms with Crippen LogP contribution in [0.1, 0.15) is 56.3 Å². The van der Waals surface area contributed by atoms with Crippen molar-refractivity contribution in [1.82, 2.24) is 20.0 Å². The van der Waals surface area contributed by atoms with Crippen LogP contribution in [0.15, 0.2) is 47.4 Å². The third-order valence-corrected chi connectivity index (χ3v) is 9.52. The number of fused-ring (bicyclic) bond motifs is 3. The lowest BCUT2D eigenvalue weighted by Gasteiger charge is -2.31. The van der Waals surface area contributed by atoms with Crippen molar-refractivity contribution in [1.29, 1.82) is 0 Å². The van der Waals surface area contributed by atoms with Gasteiger partial charge < -0.3 is 34.2 Å². The highest BCUT2D eigenvalue weighted by Gasteiger charge is 2.42. The average molecular weight is 653 g/mol. The van der Waals surface area contributed by atoms with Crippen LogP contribution in [0.5, 0.6) is 17.2 Å². The molecule has 11 nitrogen and oxygen atoms in total. The maximum Gasteiger partial charge on any atom is 0.253 e. The highest BCUT2D eigenvalue weighted by atomic mass is 32.2. The number of carbonyl (C=O) groups is 4. The number of nitrogens with one attached hydrogen (secondary N) is 1. The summed E-state index contributed by atoms with van der Waals surface area (Å²) in [6.45, 7) is 6.28. The van der Waals surface area contributed by atoms with Crippen molar-refractivity contribution in [3.05, 3.63) is 48.0 Å². The van der Waals surface area contributed by atoms with Crippen molar-refractivity contribution in [3.8, 4) is 17.2 Å². The highest BCUT2D eigenvalue weighted by Crippen LogP contribution is 2.33. The predicted octanol–water partition coefficient (Wildman–Crippen LogP) is 3.80. The number of thioether (sulfide) groups is 1. The number of benzene rings is 2. The first-order valence-corrected chi connectivity index (χ1v) is 17.0. The largest absolute Gasteiger partial charge is 0.497 e. The van der Waals surface area contributed by atoms with Gasteiger partial charge >= 0.3 is 0 Å². The lowest BCUT2D eigenvalue weighted by atomic mass is 10.1. The van der Waals surface area contributed by atoms with Crippen LogP contribution in [0.25, 0.3) is 0 Å². The second-order valence-electron chi connectivity index (χ2n) is 12.3. The minimum Gasteiger partial charge on any atom is -0.497 e. The van der Waals surface area contributed by atoms with E-state index in [1.807, 2.05) is 47.9 Å². The molecule has 0 saturated carbocycles. The van der Waals surface area contributed by atoms with Crippen LogP contribution < -0.4 is 19.5 Å². The van der Waals surface area contributed by atoms with E-state index in [1.54, 1.807) is 30.2 Å². The maximum absolute atomic E-state index is 13.6. The Bertz CT molecular complexity index is 1420. The topological polar surface area (TPSA) is 118 Å². The quantitative estimate of drug-likeness (QED) is 0.449. The molecule has 2 atom stereocenters. The summed E-state index contributed by atoms with van der Waals surface area (Å²) in [4.78, 5) is 60.6. The van der Waals surface area contributed by atoms with E-state index in [2.05, 4.69) is 5.32 Å². The molecule has 2 aromatic carbocycles. The van der Waals surface area contributed by atoms with Crippen LogP contribution in [0, 0.1) is 5.92 Å². The van der Waals surface area contributed by atoms with Crippen molar-refractivity contribution >= 4 is 35.4 Å². The second-order valence-corrected chi connectivity index (χ2v) is 13.4. The number of methoxy groups -OCH3 is 1. The van der Waals surface area contributed by atoms with Crippen molar-refractivity contribution < 1.29 is 33.4 Å². The summed E-state index contributed by atoms with van der Waals surface area (Å²) in [5.74, 6) is 1.75. The smallest absolute Gasteiger partial charge is 0.253 e. The Hall–Kier alpha value is -3.93. The standard InChI is InChI=1S/C34H44N4O7S/c1-23(2)16-31(39)37-15-7-14-36(34(42)24-10-11-29-30(17-24)45-22-44-29)13-5-4-12-35-33(41)28-18-25(37)20-38(28)32(40)21-46-27-9-6-8-26(19-27)43-3/h6,8-11,17,19,23,25,28H,4-5,7,12-16,18,20-22H2,1-3H3,(H,35,41)/t25-,28-/m0/s1. The molecule has 3 aliphatic rings. The van der Waals surface area contributed by atoms with E-state index in [0.717, 1.165) is 4.90 Å². The predicted molar refractivity (Wildman–Crippen MR) is 174 cm³/mol. The summed E-state index contributed by atoms with van der Waals surface area (Å²) in [5.41, 5.74) is 0.519. The van der Waals surface area contributed by atoms with Gasteiger partial charge in [-0.1, -0.05) is 19.9 Å². The van der Waals surface area contributed by atoms with Crippen molar-refractivity contribution in [2.24, 2.45) is 5.92 Å². The fraction of sp³-hybridized carbons (Fsp3) is 0.529. The minimum atomic E-state index is -0.648. The monoisotopic (exact) mass is 652 g/mol. The van der Waals surface area contributed by atoms with Crippen LogP contribution in [-0.4, -0.2) is 103 Å². The van der Waals surface area contributed by atoms with E-state index in [-0.39, 0.29) is 48.1 Å². The third kappa shape index (κ3) is 8.26. The Morgan fingerprint density at radius 1 is 0.978 bits per heavy atom. The summed E-state index contributed by atoms with van der Waals surface area (Å²) < 4.78 is 16.2. The Kier molecular flexibility index (Phi) is 11.3. The Morgan fingerprint density at radius 2 is 1.78 bits per heavy atom. The van der Waals surface area contributed by atoms with E-state index in [1.165, 1.54) is 11.8 Å². The van der Waals surface area contributed by atoms with Crippen molar-refractivity contribution in [2.45, 2.75) is 62.9 Å². The molecule has 0 aliphatic carbocycles. The van der Waals surface area contributed by atoms with Gasteiger partial charge in [-0.2, -0.15) is 0 Å². The third-order valence-electron chi connectivity index (χ3n) is 8.54. The van der Waals surface area contributed by atoms with Gasteiger partial charge in [0.1, 0.15) is 11.8 Å². The average Bonchev–Trinajstić information content (AvgIpc) is 3.71. The molecule has 12 heteroatoms. The van der Waals surface area contributed by atoms with Crippen LogP contribution in [0.2, 0.25) is 0 Å². The molecule has 0 spiro atoms. The van der Waals surface area contributed by atoms with Gasteiger partial charge in [0.05, 0.1) is 18.9 Å². The van der Waals surface area contributed by atoms with Gasteiger partial charge in [-0.05, 0) is 68.0 Å². The Labute approximate surface area is 274 Å². The van der Waals surface area contributed by atoms with Gasteiger partial charge in [-0.25, -0.2) is 0 Å².